The highest BCUT2D eigenvalue weighted by Gasteiger charge is 2.63. The summed E-state index contributed by atoms with van der Waals surface area (Å²) >= 11 is 0. The molecule has 0 spiro atoms. The molecular formula is C46H54N8O8. The third-order valence-corrected chi connectivity index (χ3v) is 14.4. The molecule has 326 valence electrons. The van der Waals surface area contributed by atoms with Crippen molar-refractivity contribution in [3.63, 3.8) is 0 Å². The third-order valence-electron chi connectivity index (χ3n) is 14.4. The molecule has 2 saturated carbocycles. The Kier molecular flexibility index (Phi) is 9.55. The molecule has 7 unspecified atom stereocenters. The van der Waals surface area contributed by atoms with Gasteiger partial charge < -0.3 is 49.3 Å². The van der Waals surface area contributed by atoms with Crippen LogP contribution in [-0.2, 0) is 32.3 Å². The predicted octanol–water partition coefficient (Wildman–Crippen LogP) is 6.50. The topological polar surface area (TPSA) is 193 Å². The Labute approximate surface area is 359 Å². The molecule has 4 fully saturated rings. The second-order valence-electron chi connectivity index (χ2n) is 18.7. The average molecular weight is 847 g/mol. The van der Waals surface area contributed by atoms with Gasteiger partial charge in [-0.25, -0.2) is 19.6 Å². The van der Waals surface area contributed by atoms with Gasteiger partial charge in [0.25, 0.3) is 0 Å². The third kappa shape index (κ3) is 6.38. The van der Waals surface area contributed by atoms with Crippen LogP contribution in [0.5, 0.6) is 11.5 Å². The standard InChI is InChI=1S/C46H54N8O8/c1-19(2)37(51-45(57)59-7)43(55)53-31(13-27-21(5)39(27)53)41-47-15-29(49-41)23-9-25-17-62-34-12-24(10-26-18-61-33(11-23)35(25)36(26)34)30-16-48-42(50-30)32-14-28-22(6)40(28)54(32)44(56)38(20(3)4)52-46(58)60-8/h9-12,15-16,19-22,27-28,31-32,37-40H,13-14,17-18H2,1-8H3,(H,47,49)(H,48,50)(H,51,57)(H,52,58)/t21?,22?,27?,28?,31-,32-,37-,38?,39?,40?/m0/s1. The van der Waals surface area contributed by atoms with Crippen LogP contribution < -0.4 is 20.1 Å². The smallest absolute Gasteiger partial charge is 0.407 e. The molecule has 2 saturated heterocycles. The molecule has 4 amide bonds. The summed E-state index contributed by atoms with van der Waals surface area (Å²) in [6.45, 7) is 12.7. The SMILES string of the molecule is COC(=O)NC(C(=O)N1C2C(C)C2C[C@H]1c1ncc(-c2cc3c4c(c2)OCc2cc(-c5cnc([C@@H]6CC7C(C)C7N6C(=O)[C@@H](NC(=O)OC)C(C)C)[nH]5)cc(c2-4)OC3)[nH]1)C(C)C. The number of imidazole rings is 2. The Morgan fingerprint density at radius 3 is 1.45 bits per heavy atom. The van der Waals surface area contributed by atoms with E-state index in [-0.39, 0.29) is 47.8 Å². The summed E-state index contributed by atoms with van der Waals surface area (Å²) in [5.74, 6) is 4.01. The highest BCUT2D eigenvalue weighted by molar-refractivity contribution is 5.90. The first-order valence-electron chi connectivity index (χ1n) is 21.8. The summed E-state index contributed by atoms with van der Waals surface area (Å²) in [4.78, 5) is 73.1. The van der Waals surface area contributed by atoms with Gasteiger partial charge in [0.2, 0.25) is 11.8 Å². The predicted molar refractivity (Wildman–Crippen MR) is 225 cm³/mol. The zero-order valence-corrected chi connectivity index (χ0v) is 36.3. The number of benzene rings is 2. The molecule has 4 N–H and O–H groups in total. The van der Waals surface area contributed by atoms with Gasteiger partial charge in [-0.05, 0) is 72.6 Å². The summed E-state index contributed by atoms with van der Waals surface area (Å²) in [5, 5.41) is 5.52. The molecule has 10 rings (SSSR count). The summed E-state index contributed by atoms with van der Waals surface area (Å²) in [7, 11) is 2.60. The molecule has 62 heavy (non-hydrogen) atoms. The van der Waals surface area contributed by atoms with Crippen molar-refractivity contribution in [2.75, 3.05) is 14.2 Å². The van der Waals surface area contributed by atoms with Gasteiger partial charge in [-0.2, -0.15) is 0 Å². The van der Waals surface area contributed by atoms with E-state index in [1.165, 1.54) is 14.2 Å². The van der Waals surface area contributed by atoms with Crippen LogP contribution in [-0.4, -0.2) is 92.1 Å². The van der Waals surface area contributed by atoms with E-state index in [9.17, 15) is 19.2 Å². The first kappa shape index (κ1) is 40.0. The number of aromatic nitrogens is 4. The second kappa shape index (κ2) is 14.8. The first-order valence-corrected chi connectivity index (χ1v) is 21.8. The maximum atomic E-state index is 14.1. The zero-order valence-electron chi connectivity index (χ0n) is 36.3. The number of alkyl carbamates (subject to hydrolysis) is 2. The lowest BCUT2D eigenvalue weighted by Gasteiger charge is -2.32. The lowest BCUT2D eigenvalue weighted by molar-refractivity contribution is -0.137. The minimum Gasteiger partial charge on any atom is -0.488 e. The van der Waals surface area contributed by atoms with Crippen molar-refractivity contribution >= 4 is 24.0 Å². The number of rotatable bonds is 10. The minimum absolute atomic E-state index is 0.106. The Morgan fingerprint density at radius 2 is 1.08 bits per heavy atom. The number of ether oxygens (including phenoxy) is 4. The second-order valence-corrected chi connectivity index (χ2v) is 18.7. The number of likely N-dealkylation sites (tertiary alicyclic amines) is 2. The monoisotopic (exact) mass is 846 g/mol. The minimum atomic E-state index is -0.714. The van der Waals surface area contributed by atoms with Crippen LogP contribution in [0, 0.1) is 35.5 Å². The van der Waals surface area contributed by atoms with Gasteiger partial charge in [-0.15, -0.1) is 0 Å². The van der Waals surface area contributed by atoms with Crippen LogP contribution in [0.3, 0.4) is 0 Å². The fourth-order valence-electron chi connectivity index (χ4n) is 10.9. The fourth-order valence-corrected chi connectivity index (χ4v) is 10.9. The molecule has 10 atom stereocenters. The van der Waals surface area contributed by atoms with Crippen molar-refractivity contribution in [1.29, 1.82) is 0 Å². The van der Waals surface area contributed by atoms with Crippen molar-refractivity contribution in [3.8, 4) is 45.1 Å². The summed E-state index contributed by atoms with van der Waals surface area (Å²) < 4.78 is 22.6. The number of amides is 4. The molecule has 0 radical (unpaired) electrons. The molecule has 2 aromatic heterocycles. The molecule has 16 nitrogen and oxygen atoms in total. The quantitative estimate of drug-likeness (QED) is 0.137. The molecule has 6 heterocycles. The molecular weight excluding hydrogens is 793 g/mol. The van der Waals surface area contributed by atoms with Crippen LogP contribution in [0.2, 0.25) is 0 Å². The Hall–Kier alpha value is -6.06. The highest BCUT2D eigenvalue weighted by atomic mass is 16.5. The van der Waals surface area contributed by atoms with Gasteiger partial charge in [-0.3, -0.25) is 9.59 Å². The lowest BCUT2D eigenvalue weighted by atomic mass is 9.87. The first-order chi connectivity index (χ1) is 29.8. The molecule has 2 aromatic carbocycles. The van der Waals surface area contributed by atoms with Crippen LogP contribution >= 0.6 is 0 Å². The van der Waals surface area contributed by atoms with E-state index in [0.717, 1.165) is 69.1 Å². The van der Waals surface area contributed by atoms with Crippen molar-refractivity contribution in [3.05, 3.63) is 59.4 Å². The fraction of sp³-hybridized carbons (Fsp3) is 0.522. The molecule has 0 bridgehead atoms. The molecule has 6 aliphatic rings. The van der Waals surface area contributed by atoms with Crippen molar-refractivity contribution in [2.45, 2.75) is 104 Å². The van der Waals surface area contributed by atoms with E-state index in [0.29, 0.717) is 48.5 Å². The number of methoxy groups -OCH3 is 2. The maximum Gasteiger partial charge on any atom is 0.407 e. The van der Waals surface area contributed by atoms with E-state index >= 15 is 0 Å². The molecule has 16 heteroatoms. The number of carbonyl (C=O) groups excluding carboxylic acids is 4. The van der Waals surface area contributed by atoms with Crippen molar-refractivity contribution in [1.82, 2.24) is 40.4 Å². The summed E-state index contributed by atoms with van der Waals surface area (Å²) in [6, 6.07) is 6.61. The van der Waals surface area contributed by atoms with Gasteiger partial charge in [-0.1, -0.05) is 41.5 Å². The van der Waals surface area contributed by atoms with Crippen molar-refractivity contribution in [2.24, 2.45) is 35.5 Å². The number of carbonyl (C=O) groups is 4. The number of nitrogens with one attached hydrogen (secondary N) is 4. The zero-order chi connectivity index (χ0) is 43.5. The van der Waals surface area contributed by atoms with E-state index < -0.39 is 24.3 Å². The number of aromatic amines is 2. The highest BCUT2D eigenvalue weighted by Crippen LogP contribution is 2.59. The van der Waals surface area contributed by atoms with Gasteiger partial charge in [0, 0.05) is 45.5 Å². The molecule has 4 aromatic rings. The number of hydrogen-bond acceptors (Lipinski definition) is 10. The van der Waals surface area contributed by atoms with Crippen LogP contribution in [0.25, 0.3) is 33.6 Å². The Morgan fingerprint density at radius 1 is 0.677 bits per heavy atom. The number of piperidine rings is 2. The van der Waals surface area contributed by atoms with Gasteiger partial charge >= 0.3 is 12.2 Å². The van der Waals surface area contributed by atoms with Crippen LogP contribution in [0.15, 0.2) is 36.7 Å². The van der Waals surface area contributed by atoms with Gasteiger partial charge in [0.1, 0.15) is 48.4 Å². The molecule has 4 aliphatic heterocycles. The van der Waals surface area contributed by atoms with E-state index in [1.807, 2.05) is 62.0 Å². The summed E-state index contributed by atoms with van der Waals surface area (Å²) in [5.41, 5.74) is 7.47. The Balaban J connectivity index is 0.895. The van der Waals surface area contributed by atoms with E-state index in [1.54, 1.807) is 0 Å². The van der Waals surface area contributed by atoms with Crippen LogP contribution in [0.1, 0.15) is 89.2 Å². The van der Waals surface area contributed by atoms with E-state index in [4.69, 9.17) is 28.9 Å². The molecule has 2 aliphatic carbocycles. The number of nitrogens with zero attached hydrogens (tertiary/aromatic N) is 4. The Bertz CT molecular complexity index is 2270. The van der Waals surface area contributed by atoms with Gasteiger partial charge in [0.05, 0.1) is 50.1 Å². The van der Waals surface area contributed by atoms with Crippen LogP contribution in [0.4, 0.5) is 9.59 Å². The van der Waals surface area contributed by atoms with Crippen molar-refractivity contribution < 1.29 is 38.1 Å². The number of hydrogen-bond donors (Lipinski definition) is 4. The average Bonchev–Trinajstić information content (AvgIpc) is 3.75. The van der Waals surface area contributed by atoms with Gasteiger partial charge in [0.15, 0.2) is 0 Å². The maximum absolute atomic E-state index is 14.1. The lowest BCUT2D eigenvalue weighted by Crippen LogP contribution is -2.52. The normalized spacial score (nSPS) is 26.7. The number of H-pyrrole nitrogens is 2. The largest absolute Gasteiger partial charge is 0.488 e. The number of fused-ring (bicyclic) bond motifs is 2. The van der Waals surface area contributed by atoms with E-state index in [2.05, 4.69) is 46.6 Å². The summed E-state index contributed by atoms with van der Waals surface area (Å²) in [6.07, 6.45) is 3.98.